The van der Waals surface area contributed by atoms with Crippen LogP contribution in [-0.2, 0) is 9.53 Å². The number of carbonyl (C=O) groups is 2. The minimum Gasteiger partial charge on any atom is -0.465 e. The molecule has 0 radical (unpaired) electrons. The van der Waals surface area contributed by atoms with Crippen molar-refractivity contribution >= 4 is 46.2 Å². The quantitative estimate of drug-likeness (QED) is 0.372. The lowest BCUT2D eigenvalue weighted by Gasteiger charge is -2.06. The molecule has 0 aliphatic rings. The van der Waals surface area contributed by atoms with Crippen LogP contribution in [0.1, 0.15) is 9.67 Å². The summed E-state index contributed by atoms with van der Waals surface area (Å²) in [7, 11) is 1.31. The predicted molar refractivity (Wildman–Crippen MR) is 113 cm³/mol. The van der Waals surface area contributed by atoms with Gasteiger partial charge in [0.1, 0.15) is 9.90 Å². The molecule has 9 heteroatoms. The van der Waals surface area contributed by atoms with E-state index >= 15 is 0 Å². The molecule has 7 nitrogen and oxygen atoms in total. The van der Waals surface area contributed by atoms with E-state index in [1.807, 2.05) is 36.4 Å². The standard InChI is InChI=1S/C20H16N4O3S2/c1-27-20(26)18-14(7-10-28-18)22-17(25)12-29-19-16-11-15(13-5-3-2-4-6-13)23-24(16)9-8-21-19/h2-11H,12H2,1H3,(H,22,25). The number of nitrogens with zero attached hydrogens (tertiary/aromatic N) is 3. The molecule has 3 aromatic heterocycles. The van der Waals surface area contributed by atoms with Gasteiger partial charge in [-0.2, -0.15) is 5.10 Å². The maximum atomic E-state index is 12.4. The van der Waals surface area contributed by atoms with Crippen LogP contribution in [0.25, 0.3) is 16.8 Å². The summed E-state index contributed by atoms with van der Waals surface area (Å²) in [6, 6.07) is 13.5. The predicted octanol–water partition coefficient (Wildman–Crippen LogP) is 3.98. The number of methoxy groups -OCH3 is 1. The first-order chi connectivity index (χ1) is 14.2. The number of carbonyl (C=O) groups excluding carboxylic acids is 2. The van der Waals surface area contributed by atoms with Gasteiger partial charge in [0.2, 0.25) is 5.91 Å². The average Bonchev–Trinajstić information content (AvgIpc) is 3.39. The van der Waals surface area contributed by atoms with Crippen molar-refractivity contribution in [2.24, 2.45) is 0 Å². The molecule has 0 unspecified atom stereocenters. The Labute approximate surface area is 174 Å². The molecule has 0 aliphatic carbocycles. The lowest BCUT2D eigenvalue weighted by Crippen LogP contribution is -2.16. The first-order valence-electron chi connectivity index (χ1n) is 8.64. The minimum absolute atomic E-state index is 0.148. The normalized spacial score (nSPS) is 10.8. The number of thioether (sulfide) groups is 1. The van der Waals surface area contributed by atoms with Gasteiger partial charge >= 0.3 is 5.97 Å². The second-order valence-corrected chi connectivity index (χ2v) is 7.83. The molecule has 0 bridgehead atoms. The summed E-state index contributed by atoms with van der Waals surface area (Å²) in [4.78, 5) is 28.9. The van der Waals surface area contributed by atoms with Crippen molar-refractivity contribution in [2.75, 3.05) is 18.2 Å². The highest BCUT2D eigenvalue weighted by atomic mass is 32.2. The first-order valence-corrected chi connectivity index (χ1v) is 10.5. The van der Waals surface area contributed by atoms with Crippen molar-refractivity contribution in [3.63, 3.8) is 0 Å². The number of benzene rings is 1. The number of rotatable bonds is 6. The zero-order valence-electron chi connectivity index (χ0n) is 15.4. The number of esters is 1. The number of ether oxygens (including phenoxy) is 1. The number of fused-ring (bicyclic) bond motifs is 1. The molecule has 0 saturated heterocycles. The second-order valence-electron chi connectivity index (χ2n) is 5.95. The van der Waals surface area contributed by atoms with Gasteiger partial charge in [0.05, 0.1) is 29.8 Å². The van der Waals surface area contributed by atoms with Crippen LogP contribution in [0.5, 0.6) is 0 Å². The second kappa shape index (κ2) is 8.46. The van der Waals surface area contributed by atoms with Gasteiger partial charge in [0, 0.05) is 18.0 Å². The van der Waals surface area contributed by atoms with Crippen LogP contribution in [0.2, 0.25) is 0 Å². The van der Waals surface area contributed by atoms with E-state index in [2.05, 4.69) is 15.4 Å². The summed E-state index contributed by atoms with van der Waals surface area (Å²) < 4.78 is 6.48. The van der Waals surface area contributed by atoms with Gasteiger partial charge in [0.25, 0.3) is 0 Å². The average molecular weight is 425 g/mol. The van der Waals surface area contributed by atoms with Gasteiger partial charge in [-0.15, -0.1) is 11.3 Å². The van der Waals surface area contributed by atoms with Crippen LogP contribution in [-0.4, -0.2) is 39.3 Å². The maximum absolute atomic E-state index is 12.4. The van der Waals surface area contributed by atoms with E-state index in [0.29, 0.717) is 15.6 Å². The molecule has 0 spiro atoms. The number of amides is 1. The van der Waals surface area contributed by atoms with E-state index in [1.54, 1.807) is 28.4 Å². The monoisotopic (exact) mass is 424 g/mol. The molecule has 4 aromatic rings. The maximum Gasteiger partial charge on any atom is 0.350 e. The Morgan fingerprint density at radius 2 is 2.07 bits per heavy atom. The topological polar surface area (TPSA) is 85.6 Å². The smallest absolute Gasteiger partial charge is 0.350 e. The zero-order chi connectivity index (χ0) is 20.2. The van der Waals surface area contributed by atoms with Crippen LogP contribution in [0.3, 0.4) is 0 Å². The molecule has 4 rings (SSSR count). The molecule has 146 valence electrons. The largest absolute Gasteiger partial charge is 0.465 e. The van der Waals surface area contributed by atoms with Crippen molar-refractivity contribution in [2.45, 2.75) is 5.03 Å². The summed E-state index contributed by atoms with van der Waals surface area (Å²) in [5.74, 6) is -0.554. The Balaban J connectivity index is 1.49. The Morgan fingerprint density at radius 3 is 2.86 bits per heavy atom. The summed E-state index contributed by atoms with van der Waals surface area (Å²) in [6.45, 7) is 0. The van der Waals surface area contributed by atoms with E-state index in [1.165, 1.54) is 30.2 Å². The molecule has 3 heterocycles. The molecular weight excluding hydrogens is 408 g/mol. The molecule has 1 aromatic carbocycles. The van der Waals surface area contributed by atoms with E-state index in [0.717, 1.165) is 16.8 Å². The van der Waals surface area contributed by atoms with E-state index in [9.17, 15) is 9.59 Å². The lowest BCUT2D eigenvalue weighted by atomic mass is 10.1. The van der Waals surface area contributed by atoms with Crippen LogP contribution < -0.4 is 5.32 Å². The Morgan fingerprint density at radius 1 is 1.24 bits per heavy atom. The Bertz CT molecular complexity index is 1170. The Hall–Kier alpha value is -3.17. The molecule has 0 fully saturated rings. The van der Waals surface area contributed by atoms with E-state index in [-0.39, 0.29) is 11.7 Å². The van der Waals surface area contributed by atoms with Gasteiger partial charge in [-0.05, 0) is 17.5 Å². The minimum atomic E-state index is -0.470. The fourth-order valence-electron chi connectivity index (χ4n) is 2.74. The van der Waals surface area contributed by atoms with E-state index in [4.69, 9.17) is 4.74 Å². The molecule has 1 N–H and O–H groups in total. The molecule has 0 aliphatic heterocycles. The molecule has 0 saturated carbocycles. The molecule has 29 heavy (non-hydrogen) atoms. The number of anilines is 1. The molecule has 0 atom stereocenters. The zero-order valence-corrected chi connectivity index (χ0v) is 17.0. The number of thiophene rings is 1. The fourth-order valence-corrected chi connectivity index (χ4v) is 4.28. The van der Waals surface area contributed by atoms with Gasteiger partial charge in [-0.3, -0.25) is 4.79 Å². The number of aromatic nitrogens is 3. The van der Waals surface area contributed by atoms with E-state index < -0.39 is 5.97 Å². The summed E-state index contributed by atoms with van der Waals surface area (Å²) in [5, 5.41) is 9.77. The number of hydrogen-bond donors (Lipinski definition) is 1. The van der Waals surface area contributed by atoms with Gasteiger partial charge in [-0.25, -0.2) is 14.3 Å². The van der Waals surface area contributed by atoms with Gasteiger partial charge in [-0.1, -0.05) is 42.1 Å². The third-order valence-electron chi connectivity index (χ3n) is 4.07. The van der Waals surface area contributed by atoms with Crippen LogP contribution in [0.4, 0.5) is 5.69 Å². The summed E-state index contributed by atoms with van der Waals surface area (Å²) in [5.41, 5.74) is 3.13. The van der Waals surface area contributed by atoms with Crippen molar-refractivity contribution in [1.82, 2.24) is 14.6 Å². The fraction of sp³-hybridized carbons (Fsp3) is 0.100. The third kappa shape index (κ3) is 4.15. The van der Waals surface area contributed by atoms with Crippen LogP contribution in [0, 0.1) is 0 Å². The highest BCUT2D eigenvalue weighted by Gasteiger charge is 2.16. The van der Waals surface area contributed by atoms with Crippen LogP contribution in [0.15, 0.2) is 65.3 Å². The Kier molecular flexibility index (Phi) is 5.59. The number of hydrogen-bond acceptors (Lipinski definition) is 7. The van der Waals surface area contributed by atoms with Crippen LogP contribution >= 0.6 is 23.1 Å². The van der Waals surface area contributed by atoms with Crippen molar-refractivity contribution in [3.8, 4) is 11.3 Å². The summed E-state index contributed by atoms with van der Waals surface area (Å²) >= 11 is 2.53. The third-order valence-corrected chi connectivity index (χ3v) is 5.96. The summed E-state index contributed by atoms with van der Waals surface area (Å²) in [6.07, 6.45) is 3.43. The van der Waals surface area contributed by atoms with Gasteiger partial charge < -0.3 is 10.1 Å². The van der Waals surface area contributed by atoms with Crippen molar-refractivity contribution in [1.29, 1.82) is 0 Å². The van der Waals surface area contributed by atoms with Crippen molar-refractivity contribution in [3.05, 3.63) is 65.1 Å². The number of nitrogens with one attached hydrogen (secondary N) is 1. The lowest BCUT2D eigenvalue weighted by molar-refractivity contribution is -0.113. The highest BCUT2D eigenvalue weighted by molar-refractivity contribution is 8.00. The molecular formula is C20H16N4O3S2. The first kappa shape index (κ1) is 19.2. The molecule has 1 amide bonds. The SMILES string of the molecule is COC(=O)c1sccc1NC(=O)CSc1nccn2nc(-c3ccccc3)cc12. The highest BCUT2D eigenvalue weighted by Crippen LogP contribution is 2.27. The van der Waals surface area contributed by atoms with Gasteiger partial charge in [0.15, 0.2) is 0 Å². The van der Waals surface area contributed by atoms with Crippen molar-refractivity contribution < 1.29 is 14.3 Å².